The second-order valence-corrected chi connectivity index (χ2v) is 11.4. The number of aromatic hydroxyl groups is 3. The molecule has 0 saturated heterocycles. The van der Waals surface area contributed by atoms with Crippen molar-refractivity contribution in [1.82, 2.24) is 15.0 Å². The smallest absolute Gasteiger partial charge is 0.341 e. The van der Waals surface area contributed by atoms with E-state index in [1.165, 1.54) is 39.5 Å². The van der Waals surface area contributed by atoms with Gasteiger partial charge in [0.25, 0.3) is 0 Å². The fourth-order valence-electron chi connectivity index (χ4n) is 6.20. The fraction of sp³-hybridized carbons (Fsp3) is 0.0769. The van der Waals surface area contributed by atoms with Crippen LogP contribution in [0.3, 0.4) is 0 Å². The van der Waals surface area contributed by atoms with Crippen LogP contribution in [0.15, 0.2) is 91.0 Å². The molecular weight excluding hydrogens is 654 g/mol. The lowest BCUT2D eigenvalue weighted by molar-refractivity contribution is 0.0588. The summed E-state index contributed by atoms with van der Waals surface area (Å²) in [6.07, 6.45) is 0. The molecule has 0 fully saturated rings. The van der Waals surface area contributed by atoms with E-state index in [0.29, 0.717) is 32.3 Å². The Morgan fingerprint density at radius 1 is 0.451 bits per heavy atom. The summed E-state index contributed by atoms with van der Waals surface area (Å²) in [5.74, 6) is -4.49. The molecule has 7 aromatic rings. The first kappa shape index (κ1) is 32.5. The molecule has 0 unspecified atom stereocenters. The number of carbonyl (C=O) groups excluding carboxylic acids is 3. The number of aromatic nitrogens is 3. The van der Waals surface area contributed by atoms with Gasteiger partial charge in [-0.05, 0) is 50.5 Å². The van der Waals surface area contributed by atoms with Gasteiger partial charge in [0.15, 0.2) is 17.5 Å². The first-order valence-electron chi connectivity index (χ1n) is 15.4. The Hall–Kier alpha value is -7.08. The van der Waals surface area contributed by atoms with E-state index in [9.17, 15) is 29.7 Å². The molecule has 0 aliphatic rings. The minimum absolute atomic E-state index is 0.0132. The number of rotatable bonds is 6. The number of phenolic OH excluding ortho intramolecular Hbond substituents is 3. The van der Waals surface area contributed by atoms with Crippen LogP contribution in [0.25, 0.3) is 66.5 Å². The number of hydrogen-bond acceptors (Lipinski definition) is 12. The molecular formula is C39H27N3O9. The molecule has 51 heavy (non-hydrogen) atoms. The van der Waals surface area contributed by atoms with Gasteiger partial charge < -0.3 is 29.5 Å². The highest BCUT2D eigenvalue weighted by Crippen LogP contribution is 2.44. The molecule has 0 atom stereocenters. The SMILES string of the molecule is COC(=O)c1cc2ccccc2c(-c2nc(-c3c(O)c(C(=O)OC)cc4ccccc34)nc(-c3c(O)c(C(=O)OC)cc4ccccc34)n2)c1O. The Balaban J connectivity index is 1.68. The van der Waals surface area contributed by atoms with Crippen LogP contribution in [-0.2, 0) is 14.2 Å². The van der Waals surface area contributed by atoms with Crippen LogP contribution in [-0.4, -0.2) is 69.5 Å². The van der Waals surface area contributed by atoms with Crippen molar-refractivity contribution >= 4 is 50.2 Å². The first-order valence-corrected chi connectivity index (χ1v) is 15.4. The highest BCUT2D eigenvalue weighted by Gasteiger charge is 2.28. The number of ether oxygens (including phenoxy) is 3. The second kappa shape index (κ2) is 12.7. The summed E-state index contributed by atoms with van der Waals surface area (Å²) in [6, 6.07) is 25.1. The molecule has 1 heterocycles. The third-order valence-electron chi connectivity index (χ3n) is 8.59. The van der Waals surface area contributed by atoms with Gasteiger partial charge in [-0.3, -0.25) is 0 Å². The summed E-state index contributed by atoms with van der Waals surface area (Å²) >= 11 is 0. The van der Waals surface area contributed by atoms with E-state index in [4.69, 9.17) is 29.2 Å². The Bertz CT molecular complexity index is 2310. The van der Waals surface area contributed by atoms with E-state index in [1.54, 1.807) is 72.8 Å². The summed E-state index contributed by atoms with van der Waals surface area (Å²) in [5.41, 5.74) is -0.470. The number of methoxy groups -OCH3 is 3. The quantitative estimate of drug-likeness (QED) is 0.124. The van der Waals surface area contributed by atoms with Crippen molar-refractivity contribution < 1.29 is 43.9 Å². The average molecular weight is 682 g/mol. The summed E-state index contributed by atoms with van der Waals surface area (Å²) in [5, 5.41) is 38.0. The molecule has 1 aromatic heterocycles. The summed E-state index contributed by atoms with van der Waals surface area (Å²) in [4.78, 5) is 52.9. The van der Waals surface area contributed by atoms with Gasteiger partial charge in [-0.15, -0.1) is 0 Å². The maximum Gasteiger partial charge on any atom is 0.341 e. The maximum atomic E-state index is 12.9. The summed E-state index contributed by atoms with van der Waals surface area (Å²) < 4.78 is 14.9. The van der Waals surface area contributed by atoms with Crippen molar-refractivity contribution in [2.24, 2.45) is 0 Å². The van der Waals surface area contributed by atoms with Gasteiger partial charge in [0.05, 0.1) is 38.0 Å². The molecule has 3 N–H and O–H groups in total. The van der Waals surface area contributed by atoms with Crippen LogP contribution >= 0.6 is 0 Å². The van der Waals surface area contributed by atoms with Crippen molar-refractivity contribution in [3.8, 4) is 51.4 Å². The van der Waals surface area contributed by atoms with Crippen LogP contribution in [0.1, 0.15) is 31.1 Å². The molecule has 12 heteroatoms. The van der Waals surface area contributed by atoms with E-state index in [2.05, 4.69) is 0 Å². The topological polar surface area (TPSA) is 178 Å². The van der Waals surface area contributed by atoms with Gasteiger partial charge in [0.1, 0.15) is 33.9 Å². The lowest BCUT2D eigenvalue weighted by atomic mass is 9.96. The third-order valence-corrected chi connectivity index (χ3v) is 8.59. The average Bonchev–Trinajstić information content (AvgIpc) is 3.15. The number of nitrogens with zero attached hydrogens (tertiary/aromatic N) is 3. The van der Waals surface area contributed by atoms with Crippen LogP contribution in [0.5, 0.6) is 17.2 Å². The molecule has 252 valence electrons. The number of esters is 3. The van der Waals surface area contributed by atoms with Crippen molar-refractivity contribution in [2.45, 2.75) is 0 Å². The number of phenols is 3. The normalized spacial score (nSPS) is 11.1. The molecule has 0 bridgehead atoms. The summed E-state index contributed by atoms with van der Waals surface area (Å²) in [7, 11) is 3.54. The Labute approximate surface area is 289 Å². The second-order valence-electron chi connectivity index (χ2n) is 11.4. The lowest BCUT2D eigenvalue weighted by Crippen LogP contribution is -2.07. The monoisotopic (exact) mass is 681 g/mol. The molecule has 0 aliphatic carbocycles. The number of hydrogen-bond donors (Lipinski definition) is 3. The predicted octanol–water partition coefficient (Wildman–Crippen LogP) is 6.81. The van der Waals surface area contributed by atoms with Crippen molar-refractivity contribution in [3.63, 3.8) is 0 Å². The first-order chi connectivity index (χ1) is 24.7. The molecule has 6 aromatic carbocycles. The van der Waals surface area contributed by atoms with E-state index in [-0.39, 0.29) is 50.9 Å². The lowest BCUT2D eigenvalue weighted by Gasteiger charge is -2.17. The molecule has 0 amide bonds. The molecule has 0 spiro atoms. The zero-order valence-electron chi connectivity index (χ0n) is 27.3. The zero-order chi connectivity index (χ0) is 36.0. The summed E-state index contributed by atoms with van der Waals surface area (Å²) in [6.45, 7) is 0. The maximum absolute atomic E-state index is 12.9. The van der Waals surface area contributed by atoms with Crippen LogP contribution in [0, 0.1) is 0 Å². The molecule has 12 nitrogen and oxygen atoms in total. The third kappa shape index (κ3) is 5.35. The van der Waals surface area contributed by atoms with Crippen molar-refractivity contribution in [3.05, 3.63) is 108 Å². The minimum Gasteiger partial charge on any atom is -0.506 e. The van der Waals surface area contributed by atoms with Crippen molar-refractivity contribution in [2.75, 3.05) is 21.3 Å². The molecule has 0 saturated carbocycles. The van der Waals surface area contributed by atoms with Gasteiger partial charge in [-0.2, -0.15) is 0 Å². The molecule has 0 aliphatic heterocycles. The van der Waals surface area contributed by atoms with Crippen molar-refractivity contribution in [1.29, 1.82) is 0 Å². The van der Waals surface area contributed by atoms with Crippen LogP contribution < -0.4 is 0 Å². The fourth-order valence-corrected chi connectivity index (χ4v) is 6.20. The Morgan fingerprint density at radius 2 is 0.706 bits per heavy atom. The van der Waals surface area contributed by atoms with Gasteiger partial charge in [-0.1, -0.05) is 72.8 Å². The van der Waals surface area contributed by atoms with E-state index < -0.39 is 35.2 Å². The van der Waals surface area contributed by atoms with E-state index in [0.717, 1.165) is 0 Å². The molecule has 7 rings (SSSR count). The van der Waals surface area contributed by atoms with Crippen LogP contribution in [0.2, 0.25) is 0 Å². The number of benzene rings is 6. The Morgan fingerprint density at radius 3 is 0.961 bits per heavy atom. The van der Waals surface area contributed by atoms with E-state index >= 15 is 0 Å². The van der Waals surface area contributed by atoms with Gasteiger partial charge in [0.2, 0.25) is 0 Å². The minimum atomic E-state index is -0.821. The largest absolute Gasteiger partial charge is 0.506 e. The number of carbonyl (C=O) groups is 3. The van der Waals surface area contributed by atoms with E-state index in [1.807, 2.05) is 0 Å². The highest BCUT2D eigenvalue weighted by atomic mass is 16.5. The molecule has 0 radical (unpaired) electrons. The van der Waals surface area contributed by atoms with Gasteiger partial charge >= 0.3 is 17.9 Å². The predicted molar refractivity (Wildman–Crippen MR) is 188 cm³/mol. The highest BCUT2D eigenvalue weighted by molar-refractivity contribution is 6.10. The van der Waals surface area contributed by atoms with Gasteiger partial charge in [0, 0.05) is 0 Å². The zero-order valence-corrected chi connectivity index (χ0v) is 27.3. The van der Waals surface area contributed by atoms with Crippen LogP contribution in [0.4, 0.5) is 0 Å². The van der Waals surface area contributed by atoms with Gasteiger partial charge in [-0.25, -0.2) is 29.3 Å². The number of fused-ring (bicyclic) bond motifs is 3. The standard InChI is InChI=1S/C39H27N3O9/c1-49-37(46)25-16-19-10-4-7-13-22(19)28(31(25)43)34-40-35(29-23-14-8-5-11-20(23)17-26(32(29)44)38(47)50-2)42-36(41-34)30-24-15-9-6-12-21(24)18-27(33(30)45)39(48)51-3/h4-18,43-45H,1-3H3. The Kier molecular flexibility index (Phi) is 8.11.